The summed E-state index contributed by atoms with van der Waals surface area (Å²) in [5, 5.41) is 8.83. The van der Waals surface area contributed by atoms with Crippen molar-refractivity contribution in [1.82, 2.24) is 15.3 Å². The number of rotatable bonds is 6. The van der Waals surface area contributed by atoms with Crippen LogP contribution in [-0.4, -0.2) is 42.6 Å². The molecule has 2 aromatic carbocycles. The van der Waals surface area contributed by atoms with Gasteiger partial charge in [0.1, 0.15) is 0 Å². The quantitative estimate of drug-likeness (QED) is 0.461. The topological polar surface area (TPSA) is 113 Å². The molecule has 1 aromatic heterocycles. The lowest BCUT2D eigenvalue weighted by atomic mass is 10.0. The molecule has 35 heavy (non-hydrogen) atoms. The second kappa shape index (κ2) is 10.6. The maximum absolute atomic E-state index is 12.8. The van der Waals surface area contributed by atoms with Crippen LogP contribution in [0, 0.1) is 0 Å². The Morgan fingerprint density at radius 1 is 0.971 bits per heavy atom. The van der Waals surface area contributed by atoms with Crippen LogP contribution in [0.5, 0.6) is 0 Å². The molecule has 0 bridgehead atoms. The molecule has 0 radical (unpaired) electrons. The first-order valence-electron chi connectivity index (χ1n) is 11.2. The van der Waals surface area contributed by atoms with Crippen LogP contribution in [-0.2, 0) is 21.1 Å². The molecule has 3 heterocycles. The summed E-state index contributed by atoms with van der Waals surface area (Å²) in [5.74, 6) is 0.424. The standard InChI is InChI=1S/C25H25N5O3S.ClH/c31-24-14-22-18(2-1-3-23(22)30-24)5-4-17-15-27-25(28-16-17)29-19-6-8-20(9-7-19)34(32,33)21-10-12-26-13-11-21;/h1-9,15-16,21,26H,10-14H2,(H,30,31)(H,27,28,29);1H/b5-4+;. The molecule has 0 saturated carbocycles. The van der Waals surface area contributed by atoms with Gasteiger partial charge in [-0.3, -0.25) is 4.79 Å². The maximum Gasteiger partial charge on any atom is 0.228 e. The Labute approximate surface area is 210 Å². The lowest BCUT2D eigenvalue weighted by Crippen LogP contribution is -2.35. The number of anilines is 3. The molecule has 0 unspecified atom stereocenters. The lowest BCUT2D eigenvalue weighted by Gasteiger charge is -2.22. The van der Waals surface area contributed by atoms with E-state index in [9.17, 15) is 13.2 Å². The van der Waals surface area contributed by atoms with Crippen LogP contribution in [0.1, 0.15) is 29.5 Å². The van der Waals surface area contributed by atoms with E-state index in [0.717, 1.165) is 35.5 Å². The van der Waals surface area contributed by atoms with Gasteiger partial charge in [0, 0.05) is 29.3 Å². The monoisotopic (exact) mass is 511 g/mol. The van der Waals surface area contributed by atoms with Gasteiger partial charge in [0.25, 0.3) is 0 Å². The number of hydrogen-bond donors (Lipinski definition) is 3. The van der Waals surface area contributed by atoms with Crippen molar-refractivity contribution in [2.75, 3.05) is 23.7 Å². The maximum atomic E-state index is 12.8. The van der Waals surface area contributed by atoms with Gasteiger partial charge in [-0.15, -0.1) is 12.4 Å². The van der Waals surface area contributed by atoms with E-state index in [4.69, 9.17) is 0 Å². The van der Waals surface area contributed by atoms with Gasteiger partial charge in [0.15, 0.2) is 9.84 Å². The molecule has 8 nitrogen and oxygen atoms in total. The van der Waals surface area contributed by atoms with Crippen LogP contribution in [0.2, 0.25) is 0 Å². The van der Waals surface area contributed by atoms with Crippen molar-refractivity contribution < 1.29 is 13.2 Å². The SMILES string of the molecule is Cl.O=C1Cc2c(/C=C/c3cnc(Nc4ccc(S(=O)(=O)C5CCNCC5)cc4)nc3)cccc2N1. The summed E-state index contributed by atoms with van der Waals surface area (Å²) >= 11 is 0. The van der Waals surface area contributed by atoms with Gasteiger partial charge in [-0.25, -0.2) is 18.4 Å². The molecular formula is C25H26ClN5O3S. The van der Waals surface area contributed by atoms with Gasteiger partial charge in [0.05, 0.1) is 16.6 Å². The van der Waals surface area contributed by atoms with Crippen molar-refractivity contribution in [3.63, 3.8) is 0 Å². The highest BCUT2D eigenvalue weighted by molar-refractivity contribution is 7.92. The fourth-order valence-corrected chi connectivity index (χ4v) is 6.02. The zero-order valence-electron chi connectivity index (χ0n) is 18.9. The van der Waals surface area contributed by atoms with E-state index in [2.05, 4.69) is 25.9 Å². The van der Waals surface area contributed by atoms with Crippen LogP contribution in [0.25, 0.3) is 12.2 Å². The van der Waals surface area contributed by atoms with Gasteiger partial charge >= 0.3 is 0 Å². The average molecular weight is 512 g/mol. The number of aromatic nitrogens is 2. The molecule has 182 valence electrons. The number of hydrogen-bond acceptors (Lipinski definition) is 7. The lowest BCUT2D eigenvalue weighted by molar-refractivity contribution is -0.115. The van der Waals surface area contributed by atoms with Gasteiger partial charge < -0.3 is 16.0 Å². The molecule has 1 fully saturated rings. The smallest absolute Gasteiger partial charge is 0.228 e. The Balaban J connectivity index is 0.00000289. The zero-order chi connectivity index (χ0) is 23.5. The zero-order valence-corrected chi connectivity index (χ0v) is 20.5. The van der Waals surface area contributed by atoms with Gasteiger partial charge in [-0.05, 0) is 67.4 Å². The predicted molar refractivity (Wildman–Crippen MR) is 140 cm³/mol. The molecule has 3 N–H and O–H groups in total. The van der Waals surface area contributed by atoms with Crippen molar-refractivity contribution in [1.29, 1.82) is 0 Å². The summed E-state index contributed by atoms with van der Waals surface area (Å²) in [6.07, 6.45) is 8.92. The van der Waals surface area contributed by atoms with Crippen molar-refractivity contribution >= 4 is 57.6 Å². The number of halogens is 1. The Morgan fingerprint density at radius 3 is 2.40 bits per heavy atom. The normalized spacial score (nSPS) is 15.9. The first-order chi connectivity index (χ1) is 16.5. The van der Waals surface area contributed by atoms with E-state index in [0.29, 0.717) is 35.8 Å². The summed E-state index contributed by atoms with van der Waals surface area (Å²) < 4.78 is 25.7. The molecule has 10 heteroatoms. The molecule has 5 rings (SSSR count). The van der Waals surface area contributed by atoms with Gasteiger partial charge in [-0.1, -0.05) is 24.3 Å². The summed E-state index contributed by atoms with van der Waals surface area (Å²) in [4.78, 5) is 20.7. The van der Waals surface area contributed by atoms with E-state index in [1.54, 1.807) is 36.7 Å². The predicted octanol–water partition coefficient (Wildman–Crippen LogP) is 3.83. The molecular weight excluding hydrogens is 486 g/mol. The van der Waals surface area contributed by atoms with Crippen LogP contribution >= 0.6 is 12.4 Å². The minimum atomic E-state index is -3.32. The third-order valence-corrected chi connectivity index (χ3v) is 8.39. The molecule has 1 amide bonds. The van der Waals surface area contributed by atoms with Crippen LogP contribution in [0.15, 0.2) is 59.8 Å². The van der Waals surface area contributed by atoms with E-state index >= 15 is 0 Å². The highest BCUT2D eigenvalue weighted by atomic mass is 35.5. The van der Waals surface area contributed by atoms with Crippen LogP contribution < -0.4 is 16.0 Å². The minimum absolute atomic E-state index is 0. The van der Waals surface area contributed by atoms with Gasteiger partial charge in [0.2, 0.25) is 11.9 Å². The number of benzene rings is 2. The molecule has 0 aliphatic carbocycles. The second-order valence-electron chi connectivity index (χ2n) is 8.42. The number of carbonyl (C=O) groups excluding carboxylic acids is 1. The van der Waals surface area contributed by atoms with Crippen molar-refractivity contribution in [2.45, 2.75) is 29.4 Å². The number of sulfone groups is 1. The van der Waals surface area contributed by atoms with Crippen molar-refractivity contribution in [2.24, 2.45) is 0 Å². The highest BCUT2D eigenvalue weighted by Crippen LogP contribution is 2.28. The molecule has 0 atom stereocenters. The summed E-state index contributed by atoms with van der Waals surface area (Å²) in [7, 11) is -3.32. The first-order valence-corrected chi connectivity index (χ1v) is 12.8. The van der Waals surface area contributed by atoms with E-state index in [1.165, 1.54) is 0 Å². The molecule has 3 aromatic rings. The number of carbonyl (C=O) groups is 1. The summed E-state index contributed by atoms with van der Waals surface area (Å²) in [6, 6.07) is 12.5. The van der Waals surface area contributed by atoms with Crippen molar-refractivity contribution in [3.8, 4) is 0 Å². The molecule has 0 spiro atoms. The largest absolute Gasteiger partial charge is 0.326 e. The Hall–Kier alpha value is -3.27. The fraction of sp³-hybridized carbons (Fsp3) is 0.240. The van der Waals surface area contributed by atoms with E-state index in [-0.39, 0.29) is 23.6 Å². The number of nitrogens with zero attached hydrogens (tertiary/aromatic N) is 2. The van der Waals surface area contributed by atoms with Gasteiger partial charge in [-0.2, -0.15) is 0 Å². The van der Waals surface area contributed by atoms with Crippen molar-refractivity contribution in [3.05, 3.63) is 71.5 Å². The highest BCUT2D eigenvalue weighted by Gasteiger charge is 2.28. The summed E-state index contributed by atoms with van der Waals surface area (Å²) in [6.45, 7) is 1.47. The Bertz CT molecular complexity index is 1340. The number of fused-ring (bicyclic) bond motifs is 1. The molecule has 2 aliphatic heterocycles. The average Bonchev–Trinajstić information content (AvgIpc) is 3.25. The van der Waals surface area contributed by atoms with Crippen LogP contribution in [0.3, 0.4) is 0 Å². The Kier molecular flexibility index (Phi) is 7.49. The first kappa shape index (κ1) is 24.8. The van der Waals surface area contributed by atoms with E-state index < -0.39 is 9.84 Å². The Morgan fingerprint density at radius 2 is 1.69 bits per heavy atom. The minimum Gasteiger partial charge on any atom is -0.326 e. The third kappa shape index (κ3) is 5.53. The molecule has 1 saturated heterocycles. The van der Waals surface area contributed by atoms with E-state index in [1.807, 2.05) is 30.4 Å². The van der Waals surface area contributed by atoms with Crippen LogP contribution in [0.4, 0.5) is 17.3 Å². The third-order valence-electron chi connectivity index (χ3n) is 6.11. The fourth-order valence-electron chi connectivity index (χ4n) is 4.26. The second-order valence-corrected chi connectivity index (χ2v) is 10.6. The number of amides is 1. The summed E-state index contributed by atoms with van der Waals surface area (Å²) in [5.41, 5.74) is 4.37. The number of piperidine rings is 1. The number of nitrogens with one attached hydrogen (secondary N) is 3. The molecule has 2 aliphatic rings.